The molecule has 0 fully saturated rings. The molecule has 0 radical (unpaired) electrons. The number of fused-ring (bicyclic) bond motifs is 1. The van der Waals surface area contributed by atoms with Gasteiger partial charge in [0.25, 0.3) is 5.56 Å². The molecule has 1 aromatic heterocycles. The molecule has 1 N–H and O–H groups in total. The number of amides is 1. The van der Waals surface area contributed by atoms with Crippen LogP contribution in [0.15, 0.2) is 82.7 Å². The van der Waals surface area contributed by atoms with E-state index < -0.39 is 0 Å². The average molecular weight is 441 g/mol. The Morgan fingerprint density at radius 1 is 1.06 bits per heavy atom. The van der Waals surface area contributed by atoms with Crippen molar-refractivity contribution in [2.75, 3.05) is 11.1 Å². The molecule has 1 heterocycles. The molecule has 3 aromatic carbocycles. The number of aromatic nitrogens is 2. The minimum atomic E-state index is -0.227. The van der Waals surface area contributed by atoms with Gasteiger partial charge in [-0.25, -0.2) is 4.98 Å². The molecule has 6 nitrogen and oxygen atoms in total. The maximum atomic E-state index is 13.3. The first-order valence-corrected chi connectivity index (χ1v) is 11.1. The van der Waals surface area contributed by atoms with Gasteiger partial charge in [-0.05, 0) is 60.5 Å². The smallest absolute Gasteiger partial charge is 0.266 e. The second-order valence-electron chi connectivity index (χ2n) is 7.10. The Hall–Kier alpha value is -3.89. The summed E-state index contributed by atoms with van der Waals surface area (Å²) in [5.41, 5.74) is 3.43. The summed E-state index contributed by atoms with van der Waals surface area (Å²) in [6.45, 7) is 2.08. The van der Waals surface area contributed by atoms with Gasteiger partial charge in [-0.2, -0.15) is 5.26 Å². The van der Waals surface area contributed by atoms with Gasteiger partial charge >= 0.3 is 0 Å². The number of benzene rings is 3. The quantitative estimate of drug-likeness (QED) is 0.351. The zero-order valence-corrected chi connectivity index (χ0v) is 18.2. The fraction of sp³-hybridized carbons (Fsp3) is 0.120. The first-order valence-electron chi connectivity index (χ1n) is 10.1. The van der Waals surface area contributed by atoms with Crippen LogP contribution in [0.3, 0.4) is 0 Å². The van der Waals surface area contributed by atoms with Crippen LogP contribution in [-0.4, -0.2) is 21.2 Å². The van der Waals surface area contributed by atoms with Crippen LogP contribution in [0.4, 0.5) is 5.69 Å². The molecule has 1 amide bonds. The van der Waals surface area contributed by atoms with Crippen molar-refractivity contribution in [3.05, 3.63) is 94.3 Å². The molecular formula is C25H20N4O2S. The Labute approximate surface area is 189 Å². The number of nitrogens with one attached hydrogen (secondary N) is 1. The Balaban J connectivity index is 1.63. The van der Waals surface area contributed by atoms with E-state index in [4.69, 9.17) is 5.26 Å². The predicted molar refractivity (Wildman–Crippen MR) is 127 cm³/mol. The third kappa shape index (κ3) is 4.56. The lowest BCUT2D eigenvalue weighted by Gasteiger charge is -2.13. The van der Waals surface area contributed by atoms with Crippen LogP contribution < -0.4 is 10.9 Å². The zero-order valence-electron chi connectivity index (χ0n) is 17.4. The lowest BCUT2D eigenvalue weighted by Crippen LogP contribution is -2.23. The van der Waals surface area contributed by atoms with Gasteiger partial charge in [-0.3, -0.25) is 14.2 Å². The molecule has 0 unspecified atom stereocenters. The predicted octanol–water partition coefficient (Wildman–Crippen LogP) is 4.55. The van der Waals surface area contributed by atoms with Gasteiger partial charge in [0.15, 0.2) is 5.16 Å². The largest absolute Gasteiger partial charge is 0.325 e. The molecule has 0 aliphatic carbocycles. The summed E-state index contributed by atoms with van der Waals surface area (Å²) in [7, 11) is 0. The highest BCUT2D eigenvalue weighted by molar-refractivity contribution is 7.99. The number of aryl methyl sites for hydroxylation is 1. The highest BCUT2D eigenvalue weighted by Gasteiger charge is 2.15. The molecule has 0 atom stereocenters. The third-order valence-electron chi connectivity index (χ3n) is 4.98. The van der Waals surface area contributed by atoms with Crippen molar-refractivity contribution in [3.63, 3.8) is 0 Å². The number of nitrogens with zero attached hydrogens (tertiary/aromatic N) is 3. The standard InChI is InChI=1S/C25H20N4O2S/c1-2-17-9-13-20(14-10-17)29-24(31)21-5-3-4-6-22(21)28-25(29)32-16-23(30)27-19-11-7-18(15-26)8-12-19/h3-14H,2,16H2,1H3,(H,27,30). The number of nitriles is 1. The minimum absolute atomic E-state index is 0.0812. The highest BCUT2D eigenvalue weighted by Crippen LogP contribution is 2.22. The van der Waals surface area contributed by atoms with Crippen molar-refractivity contribution >= 4 is 34.3 Å². The third-order valence-corrected chi connectivity index (χ3v) is 5.92. The molecule has 0 bridgehead atoms. The molecule has 0 aliphatic heterocycles. The Bertz CT molecular complexity index is 1370. The van der Waals surface area contributed by atoms with Gasteiger partial charge in [0.2, 0.25) is 5.91 Å². The van der Waals surface area contributed by atoms with Crippen LogP contribution in [0.25, 0.3) is 16.6 Å². The molecule has 0 saturated carbocycles. The van der Waals surface area contributed by atoms with Crippen molar-refractivity contribution in [1.29, 1.82) is 5.26 Å². The SMILES string of the molecule is CCc1ccc(-n2c(SCC(=O)Nc3ccc(C#N)cc3)nc3ccccc3c2=O)cc1. The Kier molecular flexibility index (Phi) is 6.34. The average Bonchev–Trinajstić information content (AvgIpc) is 2.83. The van der Waals surface area contributed by atoms with Gasteiger partial charge in [0.05, 0.1) is 34.0 Å². The zero-order chi connectivity index (χ0) is 22.5. The van der Waals surface area contributed by atoms with E-state index in [1.165, 1.54) is 17.3 Å². The monoisotopic (exact) mass is 440 g/mol. The minimum Gasteiger partial charge on any atom is -0.325 e. The van der Waals surface area contributed by atoms with Crippen LogP contribution in [0.2, 0.25) is 0 Å². The van der Waals surface area contributed by atoms with E-state index in [2.05, 4.69) is 17.2 Å². The van der Waals surface area contributed by atoms with Gasteiger partial charge < -0.3 is 5.32 Å². The fourth-order valence-electron chi connectivity index (χ4n) is 3.27. The molecule has 7 heteroatoms. The molecular weight excluding hydrogens is 420 g/mol. The number of carbonyl (C=O) groups is 1. The lowest BCUT2D eigenvalue weighted by atomic mass is 10.1. The van der Waals surface area contributed by atoms with Crippen LogP contribution in [0.5, 0.6) is 0 Å². The van der Waals surface area contributed by atoms with E-state index in [1.54, 1.807) is 41.0 Å². The van der Waals surface area contributed by atoms with Crippen molar-refractivity contribution in [3.8, 4) is 11.8 Å². The van der Waals surface area contributed by atoms with Crippen molar-refractivity contribution < 1.29 is 4.79 Å². The van der Waals surface area contributed by atoms with Gasteiger partial charge in [0, 0.05) is 5.69 Å². The number of carbonyl (C=O) groups excluding carboxylic acids is 1. The molecule has 32 heavy (non-hydrogen) atoms. The fourth-order valence-corrected chi connectivity index (χ4v) is 4.09. The number of hydrogen-bond acceptors (Lipinski definition) is 5. The number of thioether (sulfide) groups is 1. The number of anilines is 1. The van der Waals surface area contributed by atoms with E-state index >= 15 is 0 Å². The normalized spacial score (nSPS) is 10.6. The van der Waals surface area contributed by atoms with Crippen LogP contribution in [0, 0.1) is 11.3 Å². The summed E-state index contributed by atoms with van der Waals surface area (Å²) in [6.07, 6.45) is 0.905. The molecule has 4 rings (SSSR count). The topological polar surface area (TPSA) is 87.8 Å². The summed E-state index contributed by atoms with van der Waals surface area (Å²) < 4.78 is 1.56. The maximum absolute atomic E-state index is 13.3. The van der Waals surface area contributed by atoms with Crippen LogP contribution >= 0.6 is 11.8 Å². The second kappa shape index (κ2) is 9.50. The molecule has 0 saturated heterocycles. The maximum Gasteiger partial charge on any atom is 0.266 e. The summed E-state index contributed by atoms with van der Waals surface area (Å²) in [4.78, 5) is 30.5. The summed E-state index contributed by atoms with van der Waals surface area (Å²) >= 11 is 1.20. The number of para-hydroxylation sites is 1. The van der Waals surface area contributed by atoms with E-state index in [0.29, 0.717) is 33.0 Å². The van der Waals surface area contributed by atoms with E-state index in [9.17, 15) is 9.59 Å². The second-order valence-corrected chi connectivity index (χ2v) is 8.04. The number of rotatable bonds is 6. The number of hydrogen-bond donors (Lipinski definition) is 1. The van der Waals surface area contributed by atoms with Crippen molar-refractivity contribution in [2.45, 2.75) is 18.5 Å². The summed E-state index contributed by atoms with van der Waals surface area (Å²) in [5.74, 6) is -0.146. The van der Waals surface area contributed by atoms with Crippen LogP contribution in [0.1, 0.15) is 18.1 Å². The van der Waals surface area contributed by atoms with Gasteiger partial charge in [-0.15, -0.1) is 0 Å². The lowest BCUT2D eigenvalue weighted by molar-refractivity contribution is -0.113. The molecule has 0 spiro atoms. The van der Waals surface area contributed by atoms with E-state index in [1.807, 2.05) is 42.5 Å². The first-order chi connectivity index (χ1) is 15.6. The Morgan fingerprint density at radius 3 is 2.47 bits per heavy atom. The van der Waals surface area contributed by atoms with E-state index in [0.717, 1.165) is 6.42 Å². The van der Waals surface area contributed by atoms with Crippen LogP contribution in [-0.2, 0) is 11.2 Å². The molecule has 158 valence electrons. The van der Waals surface area contributed by atoms with Crippen molar-refractivity contribution in [1.82, 2.24) is 9.55 Å². The van der Waals surface area contributed by atoms with Crippen molar-refractivity contribution in [2.24, 2.45) is 0 Å². The van der Waals surface area contributed by atoms with E-state index in [-0.39, 0.29) is 17.2 Å². The molecule has 4 aromatic rings. The summed E-state index contributed by atoms with van der Waals surface area (Å²) in [6, 6.07) is 23.7. The molecule has 0 aliphatic rings. The first kappa shape index (κ1) is 21.3. The van der Waals surface area contributed by atoms with Gasteiger partial charge in [0.1, 0.15) is 0 Å². The Morgan fingerprint density at radius 2 is 1.78 bits per heavy atom. The summed E-state index contributed by atoms with van der Waals surface area (Å²) in [5, 5.41) is 12.7. The van der Waals surface area contributed by atoms with Gasteiger partial charge in [-0.1, -0.05) is 43.0 Å². The highest BCUT2D eigenvalue weighted by atomic mass is 32.2.